The van der Waals surface area contributed by atoms with Gasteiger partial charge >= 0.3 is 11.9 Å². The first-order valence-electron chi connectivity index (χ1n) is 7.54. The van der Waals surface area contributed by atoms with E-state index in [0.29, 0.717) is 12.1 Å². The Balaban J connectivity index is 2.33. The SMILES string of the molecule is CCOC(=O)CC(c1ccccn1)N1C(=O)CCC1C(=O)OC. The molecule has 0 radical (unpaired) electrons. The number of hydrogen-bond donors (Lipinski definition) is 0. The molecular weight excluding hydrogens is 300 g/mol. The van der Waals surface area contributed by atoms with Crippen molar-refractivity contribution in [1.29, 1.82) is 0 Å². The minimum Gasteiger partial charge on any atom is -0.467 e. The number of ether oxygens (including phenoxy) is 2. The van der Waals surface area contributed by atoms with Crippen LogP contribution < -0.4 is 0 Å². The van der Waals surface area contributed by atoms with Gasteiger partial charge in [-0.1, -0.05) is 6.07 Å². The molecule has 1 amide bonds. The zero-order valence-electron chi connectivity index (χ0n) is 13.2. The number of hydrogen-bond acceptors (Lipinski definition) is 6. The zero-order chi connectivity index (χ0) is 16.8. The van der Waals surface area contributed by atoms with Crippen LogP contribution in [0.1, 0.15) is 37.9 Å². The summed E-state index contributed by atoms with van der Waals surface area (Å²) in [5, 5.41) is 0. The van der Waals surface area contributed by atoms with Gasteiger partial charge < -0.3 is 14.4 Å². The minimum absolute atomic E-state index is 0.0515. The second-order valence-electron chi connectivity index (χ2n) is 5.16. The van der Waals surface area contributed by atoms with E-state index in [2.05, 4.69) is 4.98 Å². The second kappa shape index (κ2) is 7.71. The molecule has 0 aliphatic carbocycles. The number of likely N-dealkylation sites (tertiary alicyclic amines) is 1. The lowest BCUT2D eigenvalue weighted by Crippen LogP contribution is -2.43. The quantitative estimate of drug-likeness (QED) is 0.733. The van der Waals surface area contributed by atoms with Gasteiger partial charge in [0.15, 0.2) is 0 Å². The minimum atomic E-state index is -0.700. The third kappa shape index (κ3) is 3.85. The number of aromatic nitrogens is 1. The summed E-state index contributed by atoms with van der Waals surface area (Å²) in [7, 11) is 1.28. The highest BCUT2D eigenvalue weighted by molar-refractivity contribution is 5.89. The van der Waals surface area contributed by atoms with Gasteiger partial charge in [-0.15, -0.1) is 0 Å². The summed E-state index contributed by atoms with van der Waals surface area (Å²) >= 11 is 0. The summed E-state index contributed by atoms with van der Waals surface area (Å²) in [6, 6.07) is 3.90. The molecule has 124 valence electrons. The summed E-state index contributed by atoms with van der Waals surface area (Å²) in [6.07, 6.45) is 2.15. The highest BCUT2D eigenvalue weighted by atomic mass is 16.5. The monoisotopic (exact) mass is 320 g/mol. The van der Waals surface area contributed by atoms with E-state index in [0.717, 1.165) is 0 Å². The summed E-state index contributed by atoms with van der Waals surface area (Å²) in [6.45, 7) is 1.97. The fourth-order valence-electron chi connectivity index (χ4n) is 2.76. The average molecular weight is 320 g/mol. The fourth-order valence-corrected chi connectivity index (χ4v) is 2.76. The molecule has 1 fully saturated rings. The molecule has 1 saturated heterocycles. The van der Waals surface area contributed by atoms with Gasteiger partial charge in [-0.2, -0.15) is 0 Å². The number of nitrogens with zero attached hydrogens (tertiary/aromatic N) is 2. The second-order valence-corrected chi connectivity index (χ2v) is 5.16. The van der Waals surface area contributed by atoms with Gasteiger partial charge in [0.25, 0.3) is 0 Å². The van der Waals surface area contributed by atoms with Gasteiger partial charge in [-0.25, -0.2) is 4.79 Å². The Morgan fingerprint density at radius 3 is 2.83 bits per heavy atom. The highest BCUT2D eigenvalue weighted by Crippen LogP contribution is 2.32. The van der Waals surface area contributed by atoms with E-state index >= 15 is 0 Å². The number of rotatable bonds is 6. The maximum atomic E-state index is 12.3. The summed E-state index contributed by atoms with van der Waals surface area (Å²) in [4.78, 5) is 41.8. The standard InChI is InChI=1S/C16H20N2O5/c1-3-23-15(20)10-13(11-6-4-5-9-17-11)18-12(16(21)22-2)7-8-14(18)19/h4-6,9,12-13H,3,7-8,10H2,1-2H3. The van der Waals surface area contributed by atoms with Crippen molar-refractivity contribution < 1.29 is 23.9 Å². The molecule has 0 N–H and O–H groups in total. The maximum absolute atomic E-state index is 12.3. The highest BCUT2D eigenvalue weighted by Gasteiger charge is 2.42. The van der Waals surface area contributed by atoms with Crippen molar-refractivity contribution in [1.82, 2.24) is 9.88 Å². The van der Waals surface area contributed by atoms with E-state index in [1.165, 1.54) is 12.0 Å². The number of carbonyl (C=O) groups excluding carboxylic acids is 3. The van der Waals surface area contributed by atoms with E-state index < -0.39 is 24.0 Å². The molecule has 1 aliphatic rings. The van der Waals surface area contributed by atoms with Crippen molar-refractivity contribution in [3.05, 3.63) is 30.1 Å². The van der Waals surface area contributed by atoms with Crippen LogP contribution in [-0.4, -0.2) is 47.5 Å². The summed E-state index contributed by atoms with van der Waals surface area (Å²) < 4.78 is 9.77. The molecule has 1 aromatic heterocycles. The topological polar surface area (TPSA) is 85.8 Å². The Bertz CT molecular complexity index is 575. The first-order valence-corrected chi connectivity index (χ1v) is 7.54. The average Bonchev–Trinajstić information content (AvgIpc) is 2.94. The molecule has 2 rings (SSSR count). The molecule has 0 aromatic carbocycles. The number of pyridine rings is 1. The zero-order valence-corrected chi connectivity index (χ0v) is 13.2. The molecule has 0 bridgehead atoms. The van der Waals surface area contributed by atoms with Crippen molar-refractivity contribution in [3.63, 3.8) is 0 Å². The molecule has 2 heterocycles. The molecule has 2 atom stereocenters. The molecule has 2 unspecified atom stereocenters. The first-order chi connectivity index (χ1) is 11.1. The lowest BCUT2D eigenvalue weighted by molar-refractivity contribution is -0.154. The number of methoxy groups -OCH3 is 1. The van der Waals surface area contributed by atoms with Crippen molar-refractivity contribution in [3.8, 4) is 0 Å². The molecule has 0 saturated carbocycles. The van der Waals surface area contributed by atoms with Gasteiger partial charge in [0.05, 0.1) is 31.9 Å². The molecule has 1 aliphatic heterocycles. The predicted molar refractivity (Wildman–Crippen MR) is 80.1 cm³/mol. The molecule has 1 aromatic rings. The van der Waals surface area contributed by atoms with Crippen molar-refractivity contribution in [2.45, 2.75) is 38.3 Å². The Kier molecular flexibility index (Phi) is 5.67. The van der Waals surface area contributed by atoms with Crippen LogP contribution in [0.25, 0.3) is 0 Å². The number of esters is 2. The molecule has 0 spiro atoms. The lowest BCUT2D eigenvalue weighted by atomic mass is 10.1. The smallest absolute Gasteiger partial charge is 0.328 e. The van der Waals surface area contributed by atoms with Crippen LogP contribution >= 0.6 is 0 Å². The molecule has 7 nitrogen and oxygen atoms in total. The lowest BCUT2D eigenvalue weighted by Gasteiger charge is -2.31. The maximum Gasteiger partial charge on any atom is 0.328 e. The van der Waals surface area contributed by atoms with Crippen LogP contribution in [0, 0.1) is 0 Å². The summed E-state index contributed by atoms with van der Waals surface area (Å²) in [5.41, 5.74) is 0.546. The normalized spacial score (nSPS) is 18.6. The molecule has 7 heteroatoms. The third-order valence-corrected chi connectivity index (χ3v) is 3.76. The van der Waals surface area contributed by atoms with Gasteiger partial charge in [0.2, 0.25) is 5.91 Å². The van der Waals surface area contributed by atoms with Crippen LogP contribution in [0.4, 0.5) is 0 Å². The third-order valence-electron chi connectivity index (χ3n) is 3.76. The Morgan fingerprint density at radius 1 is 1.43 bits per heavy atom. The molecule has 23 heavy (non-hydrogen) atoms. The van der Waals surface area contributed by atoms with Gasteiger partial charge in [0, 0.05) is 12.6 Å². The van der Waals surface area contributed by atoms with Crippen LogP contribution in [0.3, 0.4) is 0 Å². The van der Waals surface area contributed by atoms with E-state index in [1.54, 1.807) is 31.3 Å². The fraction of sp³-hybridized carbons (Fsp3) is 0.500. The van der Waals surface area contributed by atoms with Crippen LogP contribution in [0.5, 0.6) is 0 Å². The van der Waals surface area contributed by atoms with Crippen LogP contribution in [-0.2, 0) is 23.9 Å². The van der Waals surface area contributed by atoms with E-state index in [1.807, 2.05) is 0 Å². The van der Waals surface area contributed by atoms with Crippen molar-refractivity contribution in [2.75, 3.05) is 13.7 Å². The van der Waals surface area contributed by atoms with E-state index in [9.17, 15) is 14.4 Å². The summed E-state index contributed by atoms with van der Waals surface area (Å²) in [5.74, 6) is -1.12. The predicted octanol–water partition coefficient (Wildman–Crippen LogP) is 1.24. The van der Waals surface area contributed by atoms with Gasteiger partial charge in [-0.3, -0.25) is 14.6 Å². The van der Waals surface area contributed by atoms with Crippen molar-refractivity contribution in [2.24, 2.45) is 0 Å². The number of carbonyl (C=O) groups is 3. The largest absolute Gasteiger partial charge is 0.467 e. The van der Waals surface area contributed by atoms with Gasteiger partial charge in [-0.05, 0) is 25.5 Å². The van der Waals surface area contributed by atoms with Gasteiger partial charge in [0.1, 0.15) is 6.04 Å². The van der Waals surface area contributed by atoms with E-state index in [-0.39, 0.29) is 25.4 Å². The Morgan fingerprint density at radius 2 is 2.22 bits per heavy atom. The van der Waals surface area contributed by atoms with E-state index in [4.69, 9.17) is 9.47 Å². The Hall–Kier alpha value is -2.44. The van der Waals surface area contributed by atoms with Crippen LogP contribution in [0.2, 0.25) is 0 Å². The molecular formula is C16H20N2O5. The first kappa shape index (κ1) is 16.9. The number of amides is 1. The Labute approximate surface area is 134 Å². The van der Waals surface area contributed by atoms with Crippen molar-refractivity contribution >= 4 is 17.8 Å². The van der Waals surface area contributed by atoms with Crippen LogP contribution in [0.15, 0.2) is 24.4 Å².